The first-order chi connectivity index (χ1) is 24.5. The average Bonchev–Trinajstić information content (AvgIpc) is 3.26. The fourth-order valence-electron chi connectivity index (χ4n) is 8.75. The van der Waals surface area contributed by atoms with Crippen molar-refractivity contribution in [1.29, 1.82) is 0 Å². The molecule has 7 rings (SSSR count). The van der Waals surface area contributed by atoms with Crippen LogP contribution in [-0.2, 0) is 26.6 Å². The second-order valence-electron chi connectivity index (χ2n) is 15.7. The van der Waals surface area contributed by atoms with E-state index in [1.807, 2.05) is 31.2 Å². The molecule has 1 unspecified atom stereocenters. The second-order valence-corrected chi connectivity index (χ2v) is 18.2. The first kappa shape index (κ1) is 36.3. The molecule has 6 atom stereocenters. The van der Waals surface area contributed by atoms with Crippen LogP contribution in [0.3, 0.4) is 0 Å². The Morgan fingerprint density at radius 3 is 2.69 bits per heavy atom. The van der Waals surface area contributed by atoms with Gasteiger partial charge in [-0.05, 0) is 135 Å². The van der Waals surface area contributed by atoms with Gasteiger partial charge in [0.05, 0.1) is 17.5 Å². The number of hydrogen-bond acceptors (Lipinski definition) is 7. The molecule has 1 amide bonds. The minimum absolute atomic E-state index is 0.268. The number of allylic oxidation sites excluding steroid dienone is 1. The van der Waals surface area contributed by atoms with Crippen LogP contribution >= 0.6 is 11.6 Å². The number of amides is 1. The van der Waals surface area contributed by atoms with Crippen molar-refractivity contribution < 1.29 is 27.8 Å². The Kier molecular flexibility index (Phi) is 10.8. The third kappa shape index (κ3) is 7.85. The van der Waals surface area contributed by atoms with Gasteiger partial charge in [0.2, 0.25) is 10.0 Å². The highest BCUT2D eigenvalue weighted by Crippen LogP contribution is 2.47. The Morgan fingerprint density at radius 2 is 1.90 bits per heavy atom. The number of fused-ring (bicyclic) bond motifs is 4. The Balaban J connectivity index is 1.23. The number of carbonyl (C=O) groups is 1. The van der Waals surface area contributed by atoms with Crippen LogP contribution in [0.5, 0.6) is 5.75 Å². The molecule has 2 fully saturated rings. The van der Waals surface area contributed by atoms with Gasteiger partial charge < -0.3 is 19.5 Å². The molecular formula is C41H51ClN2O6S. The van der Waals surface area contributed by atoms with Crippen molar-refractivity contribution >= 4 is 33.2 Å². The Morgan fingerprint density at radius 1 is 1.10 bits per heavy atom. The molecule has 1 spiro atoms. The number of anilines is 1. The van der Waals surface area contributed by atoms with Crippen LogP contribution in [0, 0.1) is 35.5 Å². The fraction of sp³-hybridized carbons (Fsp3) is 0.585. The summed E-state index contributed by atoms with van der Waals surface area (Å²) in [6, 6.07) is 11.5. The zero-order chi connectivity index (χ0) is 35.8. The van der Waals surface area contributed by atoms with Crippen molar-refractivity contribution in [2.75, 3.05) is 37.8 Å². The van der Waals surface area contributed by atoms with E-state index in [4.69, 9.17) is 21.1 Å². The standard InChI is InChI=1S/C41H51ClN2O6S/c1-27-8-9-32(38(45)7-3-5-29-16-19-49-20-17-29)21-30-10-11-34(30)24-44-25-41(18-4-6-31-22-35(42)13-14-36(31)41)26-50-39-15-12-33(23-37(39)44)40(46)43-51(47,48)28(27)2/h9,12-15,22-23,27-30,34,38,45H,4-6,8,10-11,16-21,24-26H2,1-2H3,(H,43,46)/b32-9-/t27-,28+,30-,34-,38?,41-/m0/s1. The number of nitrogens with zero attached hydrogens (tertiary/aromatic N) is 1. The minimum atomic E-state index is -3.99. The van der Waals surface area contributed by atoms with Gasteiger partial charge in [-0.3, -0.25) is 4.79 Å². The van der Waals surface area contributed by atoms with Crippen LogP contribution in [0.2, 0.25) is 5.02 Å². The summed E-state index contributed by atoms with van der Waals surface area (Å²) in [5.41, 5.74) is 4.23. The molecule has 2 bridgehead atoms. The molecule has 8 nitrogen and oxygen atoms in total. The molecule has 3 heterocycles. The Labute approximate surface area is 308 Å². The highest BCUT2D eigenvalue weighted by molar-refractivity contribution is 7.90. The highest BCUT2D eigenvalue weighted by atomic mass is 35.5. The van der Waals surface area contributed by atoms with E-state index in [0.29, 0.717) is 55.1 Å². The van der Waals surface area contributed by atoms with E-state index in [1.165, 1.54) is 11.1 Å². The quantitative estimate of drug-likeness (QED) is 0.258. The summed E-state index contributed by atoms with van der Waals surface area (Å²) in [5, 5.41) is 11.4. The molecule has 2 aliphatic carbocycles. The molecule has 3 aliphatic heterocycles. The van der Waals surface area contributed by atoms with Gasteiger partial charge in [0.25, 0.3) is 5.91 Å². The topological polar surface area (TPSA) is 105 Å². The summed E-state index contributed by atoms with van der Waals surface area (Å²) in [7, 11) is -3.99. The molecule has 1 saturated carbocycles. The molecule has 1 saturated heterocycles. The van der Waals surface area contributed by atoms with Gasteiger partial charge in [-0.15, -0.1) is 0 Å². The number of halogens is 1. The van der Waals surface area contributed by atoms with Crippen molar-refractivity contribution in [3.63, 3.8) is 0 Å². The van der Waals surface area contributed by atoms with Gasteiger partial charge >= 0.3 is 0 Å². The third-order valence-corrected chi connectivity index (χ3v) is 14.6. The van der Waals surface area contributed by atoms with E-state index >= 15 is 0 Å². The van der Waals surface area contributed by atoms with Crippen molar-refractivity contribution in [2.45, 2.75) is 94.8 Å². The van der Waals surface area contributed by atoms with Gasteiger partial charge in [0, 0.05) is 48.7 Å². The molecule has 2 N–H and O–H groups in total. The zero-order valence-electron chi connectivity index (χ0n) is 29.8. The number of sulfonamides is 1. The smallest absolute Gasteiger partial charge is 0.264 e. The summed E-state index contributed by atoms with van der Waals surface area (Å²) in [6.07, 6.45) is 10.1. The van der Waals surface area contributed by atoms with E-state index < -0.39 is 27.3 Å². The number of aryl methyl sites for hydroxylation is 1. The summed E-state index contributed by atoms with van der Waals surface area (Å²) < 4.78 is 41.6. The molecule has 0 aromatic heterocycles. The zero-order valence-corrected chi connectivity index (χ0v) is 31.4. The van der Waals surface area contributed by atoms with Gasteiger partial charge in [-0.2, -0.15) is 0 Å². The lowest BCUT2D eigenvalue weighted by Crippen LogP contribution is -2.48. The lowest BCUT2D eigenvalue weighted by atomic mass is 9.68. The van der Waals surface area contributed by atoms with Crippen LogP contribution in [-0.4, -0.2) is 63.7 Å². The number of benzene rings is 2. The van der Waals surface area contributed by atoms with E-state index in [-0.39, 0.29) is 11.3 Å². The monoisotopic (exact) mass is 734 g/mol. The van der Waals surface area contributed by atoms with E-state index in [2.05, 4.69) is 33.6 Å². The van der Waals surface area contributed by atoms with Gasteiger partial charge in [-0.1, -0.05) is 42.5 Å². The molecule has 51 heavy (non-hydrogen) atoms. The first-order valence-corrected chi connectivity index (χ1v) is 20.7. The van der Waals surface area contributed by atoms with Crippen molar-refractivity contribution in [2.24, 2.45) is 23.7 Å². The molecule has 10 heteroatoms. The fourth-order valence-corrected chi connectivity index (χ4v) is 10.2. The summed E-state index contributed by atoms with van der Waals surface area (Å²) in [6.45, 7) is 7.02. The van der Waals surface area contributed by atoms with Crippen LogP contribution in [0.25, 0.3) is 0 Å². The van der Waals surface area contributed by atoms with Crippen molar-refractivity contribution in [3.05, 3.63) is 69.8 Å². The van der Waals surface area contributed by atoms with Crippen LogP contribution in [0.1, 0.15) is 93.1 Å². The predicted octanol–water partition coefficient (Wildman–Crippen LogP) is 6.82. The third-order valence-electron chi connectivity index (χ3n) is 12.4. The number of aliphatic hydroxyl groups excluding tert-OH is 1. The molecule has 0 radical (unpaired) electrons. The Bertz CT molecular complexity index is 1830. The Hall–Kier alpha value is -3.03. The van der Waals surface area contributed by atoms with Crippen molar-refractivity contribution in [1.82, 2.24) is 4.72 Å². The average molecular weight is 735 g/mol. The van der Waals surface area contributed by atoms with Gasteiger partial charge in [0.15, 0.2) is 0 Å². The lowest BCUT2D eigenvalue weighted by molar-refractivity contribution is 0.0678. The number of nitrogens with one attached hydrogen (secondary N) is 1. The number of rotatable bonds is 2. The predicted molar refractivity (Wildman–Crippen MR) is 201 cm³/mol. The summed E-state index contributed by atoms with van der Waals surface area (Å²) in [5.74, 6) is 7.38. The maximum absolute atomic E-state index is 13.6. The second kappa shape index (κ2) is 15.1. The number of aliphatic hydroxyl groups is 1. The summed E-state index contributed by atoms with van der Waals surface area (Å²) >= 11 is 6.46. The molecule has 2 aromatic carbocycles. The highest BCUT2D eigenvalue weighted by Gasteiger charge is 2.44. The van der Waals surface area contributed by atoms with Crippen LogP contribution in [0.15, 0.2) is 48.0 Å². The summed E-state index contributed by atoms with van der Waals surface area (Å²) in [4.78, 5) is 16.0. The van der Waals surface area contributed by atoms with E-state index in [9.17, 15) is 18.3 Å². The lowest BCUT2D eigenvalue weighted by Gasteiger charge is -2.45. The maximum Gasteiger partial charge on any atom is 0.264 e. The van der Waals surface area contributed by atoms with Crippen LogP contribution in [0.4, 0.5) is 5.69 Å². The van der Waals surface area contributed by atoms with Gasteiger partial charge in [0.1, 0.15) is 11.9 Å². The number of ether oxygens (including phenoxy) is 2. The normalized spacial score (nSPS) is 31.2. The molecule has 5 aliphatic rings. The maximum atomic E-state index is 13.6. The molecular weight excluding hydrogens is 684 g/mol. The van der Waals surface area contributed by atoms with Crippen molar-refractivity contribution in [3.8, 4) is 17.6 Å². The number of carbonyl (C=O) groups excluding carboxylic acids is 1. The molecule has 2 aromatic rings. The minimum Gasteiger partial charge on any atom is -0.490 e. The first-order valence-electron chi connectivity index (χ1n) is 18.8. The van der Waals surface area contributed by atoms with E-state index in [1.54, 1.807) is 13.0 Å². The molecule has 274 valence electrons. The van der Waals surface area contributed by atoms with E-state index in [0.717, 1.165) is 87.4 Å². The number of hydrogen-bond donors (Lipinski definition) is 2. The largest absolute Gasteiger partial charge is 0.490 e. The van der Waals surface area contributed by atoms with Crippen LogP contribution < -0.4 is 14.4 Å². The van der Waals surface area contributed by atoms with Gasteiger partial charge in [-0.25, -0.2) is 13.1 Å². The SMILES string of the molecule is C[C@@H]1[C@@H](C)C/C=C(\C(O)C#CCC2CCOCC2)C[C@@H]2CC[C@H]2CN2C[C@@]3(CCCc4cc(Cl)ccc43)COc3ccc(cc32)C(=O)NS1(=O)=O.